The van der Waals surface area contributed by atoms with Gasteiger partial charge in [-0.25, -0.2) is 5.43 Å². The zero-order valence-electron chi connectivity index (χ0n) is 19.1. The van der Waals surface area contributed by atoms with E-state index in [0.717, 1.165) is 42.6 Å². The van der Waals surface area contributed by atoms with Crippen LogP contribution in [0.2, 0.25) is 0 Å². The van der Waals surface area contributed by atoms with Gasteiger partial charge in [-0.1, -0.05) is 49.6 Å². The molecule has 34 heavy (non-hydrogen) atoms. The van der Waals surface area contributed by atoms with Crippen LogP contribution in [0.25, 0.3) is 0 Å². The van der Waals surface area contributed by atoms with Gasteiger partial charge in [-0.05, 0) is 72.5 Å². The molecular weight excluding hydrogens is 426 g/mol. The van der Waals surface area contributed by atoms with Crippen LogP contribution < -0.4 is 15.5 Å². The molecule has 3 aromatic rings. The van der Waals surface area contributed by atoms with Crippen LogP contribution in [0.5, 0.6) is 5.75 Å². The molecule has 1 aliphatic rings. The molecule has 0 aromatic heterocycles. The molecule has 2 N–H and O–H groups in total. The van der Waals surface area contributed by atoms with Crippen molar-refractivity contribution in [2.45, 2.75) is 38.7 Å². The summed E-state index contributed by atoms with van der Waals surface area (Å²) < 4.78 is 5.78. The summed E-state index contributed by atoms with van der Waals surface area (Å²) in [5.41, 5.74) is 5.65. The van der Waals surface area contributed by atoms with E-state index in [1.165, 1.54) is 6.42 Å². The van der Waals surface area contributed by atoms with Gasteiger partial charge < -0.3 is 10.1 Å². The first-order valence-corrected chi connectivity index (χ1v) is 11.7. The second-order valence-corrected chi connectivity index (χ2v) is 8.44. The van der Waals surface area contributed by atoms with E-state index in [-0.39, 0.29) is 17.7 Å². The zero-order valence-corrected chi connectivity index (χ0v) is 19.1. The fourth-order valence-corrected chi connectivity index (χ4v) is 3.94. The molecule has 0 radical (unpaired) electrons. The normalized spacial score (nSPS) is 14.0. The Kier molecular flexibility index (Phi) is 8.06. The smallest absolute Gasteiger partial charge is 0.271 e. The molecule has 0 aliphatic heterocycles. The minimum atomic E-state index is -0.316. The van der Waals surface area contributed by atoms with Gasteiger partial charge >= 0.3 is 0 Å². The number of carbonyl (C=O) groups excluding carboxylic acids is 2. The monoisotopic (exact) mass is 455 g/mol. The lowest BCUT2D eigenvalue weighted by molar-refractivity contribution is -0.120. The van der Waals surface area contributed by atoms with Crippen molar-refractivity contribution in [2.75, 3.05) is 5.32 Å². The van der Waals surface area contributed by atoms with Gasteiger partial charge in [-0.2, -0.15) is 5.10 Å². The summed E-state index contributed by atoms with van der Waals surface area (Å²) in [5.74, 6) is 0.610. The van der Waals surface area contributed by atoms with E-state index in [4.69, 9.17) is 4.74 Å². The van der Waals surface area contributed by atoms with Gasteiger partial charge in [0.05, 0.1) is 6.21 Å². The minimum Gasteiger partial charge on any atom is -0.489 e. The number of hydrazone groups is 1. The first kappa shape index (κ1) is 23.2. The van der Waals surface area contributed by atoms with Gasteiger partial charge in [0, 0.05) is 17.2 Å². The van der Waals surface area contributed by atoms with Crippen LogP contribution in [0.3, 0.4) is 0 Å². The molecule has 1 fully saturated rings. The van der Waals surface area contributed by atoms with Gasteiger partial charge in [0.2, 0.25) is 5.91 Å². The largest absolute Gasteiger partial charge is 0.489 e. The van der Waals surface area contributed by atoms with Crippen molar-refractivity contribution in [1.82, 2.24) is 5.43 Å². The van der Waals surface area contributed by atoms with E-state index in [9.17, 15) is 9.59 Å². The maximum atomic E-state index is 12.4. The lowest BCUT2D eigenvalue weighted by Crippen LogP contribution is -2.24. The first-order valence-electron chi connectivity index (χ1n) is 11.7. The number of ether oxygens (including phenoxy) is 1. The maximum absolute atomic E-state index is 12.4. The van der Waals surface area contributed by atoms with Crippen molar-refractivity contribution >= 4 is 23.7 Å². The molecule has 2 amide bonds. The number of nitrogens with one attached hydrogen (secondary N) is 2. The minimum absolute atomic E-state index is 0.0676. The second-order valence-electron chi connectivity index (χ2n) is 8.44. The molecule has 0 spiro atoms. The van der Waals surface area contributed by atoms with E-state index in [1.54, 1.807) is 30.5 Å². The zero-order chi connectivity index (χ0) is 23.6. The number of hydrogen-bond donors (Lipinski definition) is 2. The fraction of sp³-hybridized carbons (Fsp3) is 0.250. The summed E-state index contributed by atoms with van der Waals surface area (Å²) in [6, 6.07) is 24.3. The summed E-state index contributed by atoms with van der Waals surface area (Å²) in [7, 11) is 0. The maximum Gasteiger partial charge on any atom is 0.271 e. The van der Waals surface area contributed by atoms with Crippen molar-refractivity contribution in [2.24, 2.45) is 11.0 Å². The number of anilines is 1. The van der Waals surface area contributed by atoms with Crippen molar-refractivity contribution in [3.8, 4) is 5.75 Å². The molecule has 4 rings (SSSR count). The van der Waals surface area contributed by atoms with Crippen molar-refractivity contribution < 1.29 is 14.3 Å². The topological polar surface area (TPSA) is 79.8 Å². The quantitative estimate of drug-likeness (QED) is 0.345. The molecule has 3 aromatic carbocycles. The predicted molar refractivity (Wildman–Crippen MR) is 134 cm³/mol. The summed E-state index contributed by atoms with van der Waals surface area (Å²) in [5, 5.41) is 6.99. The Hall–Kier alpha value is -3.93. The number of amides is 2. The third-order valence-corrected chi connectivity index (χ3v) is 5.90. The highest BCUT2D eigenvalue weighted by Crippen LogP contribution is 2.25. The van der Waals surface area contributed by atoms with Crippen LogP contribution >= 0.6 is 0 Å². The van der Waals surface area contributed by atoms with Gasteiger partial charge in [-0.15, -0.1) is 0 Å². The standard InChI is InChI=1S/C28H29N3O3/c32-27(23-9-5-2-6-10-23)30-25-15-13-24(14-16-25)28(33)31-29-19-21-11-17-26(18-12-21)34-20-22-7-3-1-4-8-22/h1,3-4,7-8,11-19,23H,2,5-6,9-10,20H2,(H,30,32)(H,31,33). The Bertz CT molecular complexity index is 1100. The molecule has 0 saturated heterocycles. The van der Waals surface area contributed by atoms with Crippen molar-refractivity contribution in [3.05, 3.63) is 95.6 Å². The molecule has 6 nitrogen and oxygen atoms in total. The van der Waals surface area contributed by atoms with E-state index >= 15 is 0 Å². The number of hydrogen-bond acceptors (Lipinski definition) is 4. The molecule has 1 saturated carbocycles. The summed E-state index contributed by atoms with van der Waals surface area (Å²) >= 11 is 0. The molecule has 0 bridgehead atoms. The molecule has 1 aliphatic carbocycles. The van der Waals surface area contributed by atoms with E-state index in [2.05, 4.69) is 15.8 Å². The van der Waals surface area contributed by atoms with Crippen LogP contribution in [0.1, 0.15) is 53.6 Å². The number of rotatable bonds is 8. The Labute approximate surface area is 200 Å². The van der Waals surface area contributed by atoms with Crippen LogP contribution in [-0.4, -0.2) is 18.0 Å². The highest BCUT2D eigenvalue weighted by atomic mass is 16.5. The molecule has 0 heterocycles. The van der Waals surface area contributed by atoms with Gasteiger partial charge in [0.15, 0.2) is 0 Å². The number of carbonyl (C=O) groups is 2. The third-order valence-electron chi connectivity index (χ3n) is 5.90. The average molecular weight is 456 g/mol. The highest BCUT2D eigenvalue weighted by Gasteiger charge is 2.21. The first-order chi connectivity index (χ1) is 16.7. The second kappa shape index (κ2) is 11.8. The fourth-order valence-electron chi connectivity index (χ4n) is 3.94. The van der Waals surface area contributed by atoms with Gasteiger partial charge in [-0.3, -0.25) is 9.59 Å². The SMILES string of the molecule is O=C(NN=Cc1ccc(OCc2ccccc2)cc1)c1ccc(NC(=O)C2CCCCC2)cc1. The number of nitrogens with zero attached hydrogens (tertiary/aromatic N) is 1. The van der Waals surface area contributed by atoms with Crippen molar-refractivity contribution in [3.63, 3.8) is 0 Å². The predicted octanol–water partition coefficient (Wildman–Crippen LogP) is 5.55. The van der Waals surface area contributed by atoms with Crippen LogP contribution in [0, 0.1) is 5.92 Å². The van der Waals surface area contributed by atoms with Gasteiger partial charge in [0.1, 0.15) is 12.4 Å². The third kappa shape index (κ3) is 6.78. The Morgan fingerprint density at radius 3 is 2.29 bits per heavy atom. The Morgan fingerprint density at radius 1 is 0.882 bits per heavy atom. The molecule has 0 unspecified atom stereocenters. The molecular formula is C28H29N3O3. The van der Waals surface area contributed by atoms with E-state index in [0.29, 0.717) is 17.9 Å². The van der Waals surface area contributed by atoms with Crippen molar-refractivity contribution in [1.29, 1.82) is 0 Å². The molecule has 6 heteroatoms. The number of benzene rings is 3. The van der Waals surface area contributed by atoms with Crippen LogP contribution in [0.4, 0.5) is 5.69 Å². The molecule has 0 atom stereocenters. The lowest BCUT2D eigenvalue weighted by atomic mass is 9.88. The summed E-state index contributed by atoms with van der Waals surface area (Å²) in [6.07, 6.45) is 6.93. The van der Waals surface area contributed by atoms with E-state index in [1.807, 2.05) is 54.6 Å². The van der Waals surface area contributed by atoms with Gasteiger partial charge in [0.25, 0.3) is 5.91 Å². The summed E-state index contributed by atoms with van der Waals surface area (Å²) in [6.45, 7) is 0.507. The van der Waals surface area contributed by atoms with E-state index < -0.39 is 0 Å². The van der Waals surface area contributed by atoms with Crippen LogP contribution in [0.15, 0.2) is 84.0 Å². The summed E-state index contributed by atoms with van der Waals surface area (Å²) in [4.78, 5) is 24.7. The Morgan fingerprint density at radius 2 is 1.59 bits per heavy atom. The molecule has 174 valence electrons. The highest BCUT2D eigenvalue weighted by molar-refractivity contribution is 5.96. The Balaban J connectivity index is 1.23. The lowest BCUT2D eigenvalue weighted by Gasteiger charge is -2.20. The van der Waals surface area contributed by atoms with Crippen LogP contribution in [-0.2, 0) is 11.4 Å². The average Bonchev–Trinajstić information content (AvgIpc) is 2.89.